The Labute approximate surface area is 156 Å². The average Bonchev–Trinajstić information content (AvgIpc) is 3.33. The molecule has 1 aliphatic carbocycles. The van der Waals surface area contributed by atoms with E-state index in [0.29, 0.717) is 17.7 Å². The molecule has 6 nitrogen and oxygen atoms in total. The number of urea groups is 1. The molecule has 4 aliphatic rings. The van der Waals surface area contributed by atoms with Crippen LogP contribution in [0.2, 0.25) is 0 Å². The van der Waals surface area contributed by atoms with Gasteiger partial charge in [-0.2, -0.15) is 0 Å². The van der Waals surface area contributed by atoms with Crippen LogP contribution in [0, 0.1) is 17.8 Å². The van der Waals surface area contributed by atoms with Crippen molar-refractivity contribution in [3.05, 3.63) is 0 Å². The van der Waals surface area contributed by atoms with E-state index in [4.69, 9.17) is 5.73 Å². The van der Waals surface area contributed by atoms with Crippen LogP contribution < -0.4 is 5.73 Å². The molecule has 142 valence electrons. The molecule has 4 fully saturated rings. The molecule has 4 rings (SSSR count). The Hall–Kier alpha value is -1.01. The quantitative estimate of drug-likeness (QED) is 0.761. The van der Waals surface area contributed by atoms with Gasteiger partial charge in [0.1, 0.15) is 0 Å². The first-order valence-corrected chi connectivity index (χ1v) is 9.71. The summed E-state index contributed by atoms with van der Waals surface area (Å²) in [5, 5.41) is 0. The highest BCUT2D eigenvalue weighted by Gasteiger charge is 2.44. The van der Waals surface area contributed by atoms with Gasteiger partial charge in [-0.05, 0) is 50.4 Å². The largest absolute Gasteiger partial charge is 0.342 e. The predicted octanol–water partition coefficient (Wildman–Crippen LogP) is 1.53. The van der Waals surface area contributed by atoms with Gasteiger partial charge in [0.25, 0.3) is 0 Å². The summed E-state index contributed by atoms with van der Waals surface area (Å²) >= 11 is 0. The minimum atomic E-state index is 0. The standard InChI is InChI=1S/C18H30N4O2.ClH/c19-16-4-3-14-11-22(12-15(14)16)17(23)13-5-9-21(10-6-13)18(24)20-7-1-2-8-20;/h13-16H,1-12,19H2;1H. The molecule has 3 heterocycles. The average molecular weight is 371 g/mol. The Morgan fingerprint density at radius 1 is 0.800 bits per heavy atom. The van der Waals surface area contributed by atoms with E-state index in [-0.39, 0.29) is 30.4 Å². The van der Waals surface area contributed by atoms with E-state index in [1.807, 2.05) is 9.80 Å². The highest BCUT2D eigenvalue weighted by atomic mass is 35.5. The highest BCUT2D eigenvalue weighted by molar-refractivity contribution is 5.85. The van der Waals surface area contributed by atoms with Gasteiger partial charge < -0.3 is 20.4 Å². The van der Waals surface area contributed by atoms with Crippen molar-refractivity contribution in [2.45, 2.75) is 44.6 Å². The fraction of sp³-hybridized carbons (Fsp3) is 0.889. The third-order valence-corrected chi connectivity index (χ3v) is 6.72. The second kappa shape index (κ2) is 7.70. The Bertz CT molecular complexity index is 503. The van der Waals surface area contributed by atoms with Gasteiger partial charge >= 0.3 is 6.03 Å². The maximum absolute atomic E-state index is 12.8. The molecule has 3 saturated heterocycles. The minimum absolute atomic E-state index is 0. The molecule has 0 radical (unpaired) electrons. The van der Waals surface area contributed by atoms with Gasteiger partial charge in [0.15, 0.2) is 0 Å². The lowest BCUT2D eigenvalue weighted by Gasteiger charge is -2.35. The van der Waals surface area contributed by atoms with Crippen LogP contribution in [0.1, 0.15) is 38.5 Å². The zero-order valence-electron chi connectivity index (χ0n) is 14.9. The Morgan fingerprint density at radius 3 is 2.08 bits per heavy atom. The molecule has 2 N–H and O–H groups in total. The maximum atomic E-state index is 12.8. The summed E-state index contributed by atoms with van der Waals surface area (Å²) in [7, 11) is 0. The number of rotatable bonds is 1. The number of carbonyl (C=O) groups is 2. The molecule has 0 bridgehead atoms. The first kappa shape index (κ1) is 18.8. The summed E-state index contributed by atoms with van der Waals surface area (Å²) in [5.74, 6) is 1.55. The lowest BCUT2D eigenvalue weighted by atomic mass is 9.95. The van der Waals surface area contributed by atoms with Crippen molar-refractivity contribution < 1.29 is 9.59 Å². The normalized spacial score (nSPS) is 32.7. The summed E-state index contributed by atoms with van der Waals surface area (Å²) < 4.78 is 0. The number of likely N-dealkylation sites (tertiary alicyclic amines) is 3. The van der Waals surface area contributed by atoms with Gasteiger partial charge in [-0.1, -0.05) is 0 Å². The monoisotopic (exact) mass is 370 g/mol. The highest BCUT2D eigenvalue weighted by Crippen LogP contribution is 2.38. The van der Waals surface area contributed by atoms with Crippen LogP contribution in [-0.4, -0.2) is 71.9 Å². The van der Waals surface area contributed by atoms with Gasteiger partial charge in [-0.15, -0.1) is 12.4 Å². The van der Waals surface area contributed by atoms with E-state index < -0.39 is 0 Å². The molecule has 3 atom stereocenters. The van der Waals surface area contributed by atoms with Gasteiger partial charge in [-0.25, -0.2) is 4.79 Å². The zero-order chi connectivity index (χ0) is 16.7. The number of nitrogens with zero attached hydrogens (tertiary/aromatic N) is 3. The van der Waals surface area contributed by atoms with Gasteiger partial charge in [-0.3, -0.25) is 4.79 Å². The van der Waals surface area contributed by atoms with Crippen molar-refractivity contribution in [3.8, 4) is 0 Å². The van der Waals surface area contributed by atoms with E-state index in [1.54, 1.807) is 0 Å². The smallest absolute Gasteiger partial charge is 0.319 e. The van der Waals surface area contributed by atoms with Gasteiger partial charge in [0, 0.05) is 51.2 Å². The summed E-state index contributed by atoms with van der Waals surface area (Å²) in [6.45, 7) is 5.02. The number of amides is 3. The number of carbonyl (C=O) groups excluding carboxylic acids is 2. The first-order chi connectivity index (χ1) is 11.6. The second-order valence-electron chi connectivity index (χ2n) is 8.15. The molecule has 1 saturated carbocycles. The Morgan fingerprint density at radius 2 is 1.44 bits per heavy atom. The SMILES string of the molecule is Cl.NC1CCC2CN(C(=O)C3CCN(C(=O)N4CCCC4)CC3)CC12. The molecule has 3 aliphatic heterocycles. The van der Waals surface area contributed by atoms with Crippen LogP contribution in [0.4, 0.5) is 4.79 Å². The van der Waals surface area contributed by atoms with Crippen LogP contribution in [0.3, 0.4) is 0 Å². The van der Waals surface area contributed by atoms with Crippen molar-refractivity contribution in [3.63, 3.8) is 0 Å². The lowest BCUT2D eigenvalue weighted by Crippen LogP contribution is -2.48. The van der Waals surface area contributed by atoms with Crippen LogP contribution in [0.15, 0.2) is 0 Å². The number of hydrogen-bond donors (Lipinski definition) is 1. The lowest BCUT2D eigenvalue weighted by molar-refractivity contribution is -0.136. The van der Waals surface area contributed by atoms with E-state index in [1.165, 1.54) is 6.42 Å². The summed E-state index contributed by atoms with van der Waals surface area (Å²) in [6, 6.07) is 0.466. The molecular weight excluding hydrogens is 340 g/mol. The maximum Gasteiger partial charge on any atom is 0.319 e. The fourth-order valence-corrected chi connectivity index (χ4v) is 5.17. The van der Waals surface area contributed by atoms with E-state index in [0.717, 1.165) is 71.4 Å². The molecule has 0 spiro atoms. The Kier molecular flexibility index (Phi) is 5.78. The number of fused-ring (bicyclic) bond motifs is 1. The van der Waals surface area contributed by atoms with Crippen molar-refractivity contribution in [2.75, 3.05) is 39.3 Å². The third kappa shape index (κ3) is 3.61. The van der Waals surface area contributed by atoms with Crippen LogP contribution in [-0.2, 0) is 4.79 Å². The molecule has 25 heavy (non-hydrogen) atoms. The molecule has 0 aromatic heterocycles. The summed E-state index contributed by atoms with van der Waals surface area (Å²) in [4.78, 5) is 31.3. The van der Waals surface area contributed by atoms with Gasteiger partial charge in [0.2, 0.25) is 5.91 Å². The number of piperidine rings is 1. The van der Waals surface area contributed by atoms with Crippen molar-refractivity contribution in [1.29, 1.82) is 0 Å². The summed E-state index contributed by atoms with van der Waals surface area (Å²) in [6.07, 6.45) is 6.18. The van der Waals surface area contributed by atoms with Crippen molar-refractivity contribution in [2.24, 2.45) is 23.5 Å². The zero-order valence-corrected chi connectivity index (χ0v) is 15.8. The number of hydrogen-bond acceptors (Lipinski definition) is 3. The molecule has 0 aromatic carbocycles. The van der Waals surface area contributed by atoms with Crippen LogP contribution in [0.25, 0.3) is 0 Å². The third-order valence-electron chi connectivity index (χ3n) is 6.72. The predicted molar refractivity (Wildman–Crippen MR) is 98.5 cm³/mol. The van der Waals surface area contributed by atoms with Crippen LogP contribution >= 0.6 is 12.4 Å². The van der Waals surface area contributed by atoms with E-state index in [9.17, 15) is 9.59 Å². The van der Waals surface area contributed by atoms with Crippen molar-refractivity contribution >= 4 is 24.3 Å². The number of nitrogens with two attached hydrogens (primary N) is 1. The molecular formula is C18H31ClN4O2. The summed E-state index contributed by atoms with van der Waals surface area (Å²) in [5.41, 5.74) is 6.19. The number of halogens is 1. The first-order valence-electron chi connectivity index (χ1n) is 9.71. The minimum Gasteiger partial charge on any atom is -0.342 e. The van der Waals surface area contributed by atoms with E-state index in [2.05, 4.69) is 4.90 Å². The fourth-order valence-electron chi connectivity index (χ4n) is 5.17. The topological polar surface area (TPSA) is 69.9 Å². The molecule has 3 unspecified atom stereocenters. The van der Waals surface area contributed by atoms with Gasteiger partial charge in [0.05, 0.1) is 0 Å². The molecule has 7 heteroatoms. The van der Waals surface area contributed by atoms with Crippen LogP contribution in [0.5, 0.6) is 0 Å². The Balaban J connectivity index is 0.00000182. The second-order valence-corrected chi connectivity index (χ2v) is 8.15. The van der Waals surface area contributed by atoms with E-state index >= 15 is 0 Å². The molecule has 3 amide bonds. The molecule has 0 aromatic rings. The van der Waals surface area contributed by atoms with Crippen molar-refractivity contribution in [1.82, 2.24) is 14.7 Å².